The van der Waals surface area contributed by atoms with Crippen LogP contribution in [0.2, 0.25) is 0 Å². The predicted molar refractivity (Wildman–Crippen MR) is 73.8 cm³/mol. The monoisotopic (exact) mass is 295 g/mol. The maximum absolute atomic E-state index is 11.8. The van der Waals surface area contributed by atoms with Crippen molar-refractivity contribution in [3.8, 4) is 0 Å². The van der Waals surface area contributed by atoms with E-state index in [-0.39, 0.29) is 35.6 Å². The number of amides is 2. The Bertz CT molecular complexity index is 607. The number of rotatable bonds is 4. The smallest absolute Gasteiger partial charge is 0.333 e. The van der Waals surface area contributed by atoms with Crippen LogP contribution in [0, 0.1) is 17.0 Å². The van der Waals surface area contributed by atoms with Gasteiger partial charge in [0.05, 0.1) is 4.92 Å². The number of carbonyl (C=O) groups is 2. The Labute approximate surface area is 120 Å². The van der Waals surface area contributed by atoms with E-state index in [1.54, 1.807) is 6.92 Å². The first-order chi connectivity index (χ1) is 9.81. The predicted octanol–water partition coefficient (Wildman–Crippen LogP) is 0.898. The van der Waals surface area contributed by atoms with Gasteiger partial charge in [-0.25, -0.2) is 4.68 Å². The molecule has 0 aliphatic carbocycles. The summed E-state index contributed by atoms with van der Waals surface area (Å²) in [6.45, 7) is 5.23. The van der Waals surface area contributed by atoms with Crippen LogP contribution in [0.3, 0.4) is 0 Å². The Hall–Kier alpha value is -2.45. The highest BCUT2D eigenvalue weighted by molar-refractivity contribution is 6.01. The molecule has 21 heavy (non-hydrogen) atoms. The highest BCUT2D eigenvalue weighted by Gasteiger charge is 2.32. The van der Waals surface area contributed by atoms with E-state index < -0.39 is 16.9 Å². The third kappa shape index (κ3) is 2.86. The molecule has 1 fully saturated rings. The van der Waals surface area contributed by atoms with Crippen molar-refractivity contribution in [2.24, 2.45) is 0 Å². The van der Waals surface area contributed by atoms with Crippen molar-refractivity contribution in [2.45, 2.75) is 45.7 Å². The van der Waals surface area contributed by atoms with Crippen LogP contribution in [0.4, 0.5) is 11.5 Å². The Kier molecular flexibility index (Phi) is 3.92. The largest absolute Gasteiger partial charge is 0.353 e. The zero-order valence-corrected chi connectivity index (χ0v) is 12.0. The summed E-state index contributed by atoms with van der Waals surface area (Å²) >= 11 is 0. The average molecular weight is 295 g/mol. The Morgan fingerprint density at radius 1 is 1.48 bits per heavy atom. The molecule has 1 aliphatic rings. The lowest BCUT2D eigenvalue weighted by Crippen LogP contribution is -2.47. The molecule has 0 radical (unpaired) electrons. The average Bonchev–Trinajstić information content (AvgIpc) is 2.70. The van der Waals surface area contributed by atoms with Crippen molar-refractivity contribution in [1.82, 2.24) is 15.1 Å². The normalized spacial score (nSPS) is 18.8. The molecule has 1 aromatic heterocycles. The van der Waals surface area contributed by atoms with E-state index in [4.69, 9.17) is 0 Å². The molecule has 1 saturated heterocycles. The number of hydrogen-bond donors (Lipinski definition) is 2. The van der Waals surface area contributed by atoms with Crippen molar-refractivity contribution in [1.29, 1.82) is 0 Å². The number of nitrogens with one attached hydrogen (secondary N) is 2. The van der Waals surface area contributed by atoms with Gasteiger partial charge in [0.25, 0.3) is 0 Å². The molecule has 2 rings (SSSR count). The fraction of sp³-hybridized carbons (Fsp3) is 0.583. The van der Waals surface area contributed by atoms with E-state index in [9.17, 15) is 19.7 Å². The summed E-state index contributed by atoms with van der Waals surface area (Å²) in [6, 6.07) is -0.789. The molecule has 0 bridgehead atoms. The third-order valence-electron chi connectivity index (χ3n) is 3.28. The minimum absolute atomic E-state index is 0.104. The lowest BCUT2D eigenvalue weighted by molar-refractivity contribution is -0.384. The van der Waals surface area contributed by atoms with Gasteiger partial charge in [0.1, 0.15) is 11.7 Å². The quantitative estimate of drug-likeness (QED) is 0.484. The summed E-state index contributed by atoms with van der Waals surface area (Å²) in [7, 11) is 0. The first-order valence-corrected chi connectivity index (χ1v) is 6.65. The van der Waals surface area contributed by atoms with E-state index in [2.05, 4.69) is 15.7 Å². The minimum atomic E-state index is -0.685. The molecule has 2 N–H and O–H groups in total. The van der Waals surface area contributed by atoms with E-state index in [1.165, 1.54) is 4.68 Å². The topological polar surface area (TPSA) is 119 Å². The van der Waals surface area contributed by atoms with Crippen LogP contribution < -0.4 is 10.6 Å². The molecule has 1 unspecified atom stereocenters. The number of hydrogen-bond acceptors (Lipinski definition) is 6. The lowest BCUT2D eigenvalue weighted by atomic mass is 10.1. The van der Waals surface area contributed by atoms with Crippen LogP contribution in [-0.2, 0) is 9.59 Å². The number of imide groups is 1. The van der Waals surface area contributed by atoms with Gasteiger partial charge in [0.15, 0.2) is 0 Å². The summed E-state index contributed by atoms with van der Waals surface area (Å²) in [5.41, 5.74) is 0.136. The van der Waals surface area contributed by atoms with E-state index >= 15 is 0 Å². The lowest BCUT2D eigenvalue weighted by Gasteiger charge is -2.23. The molecule has 2 heterocycles. The van der Waals surface area contributed by atoms with Gasteiger partial charge in [-0.2, -0.15) is 5.10 Å². The van der Waals surface area contributed by atoms with E-state index in [0.717, 1.165) is 0 Å². The van der Waals surface area contributed by atoms with Crippen LogP contribution >= 0.6 is 0 Å². The molecule has 1 atom stereocenters. The molecule has 1 aromatic rings. The minimum Gasteiger partial charge on any atom is -0.353 e. The molecular formula is C12H17N5O4. The number of anilines is 1. The van der Waals surface area contributed by atoms with Gasteiger partial charge < -0.3 is 5.32 Å². The van der Waals surface area contributed by atoms with Crippen molar-refractivity contribution in [2.75, 3.05) is 5.32 Å². The summed E-state index contributed by atoms with van der Waals surface area (Å²) < 4.78 is 1.48. The van der Waals surface area contributed by atoms with Gasteiger partial charge in [-0.15, -0.1) is 0 Å². The summed E-state index contributed by atoms with van der Waals surface area (Å²) in [4.78, 5) is 33.6. The van der Waals surface area contributed by atoms with Crippen LogP contribution in [-0.4, -0.2) is 32.6 Å². The van der Waals surface area contributed by atoms with Crippen LogP contribution in [0.1, 0.15) is 38.4 Å². The first-order valence-electron chi connectivity index (χ1n) is 6.65. The molecule has 0 spiro atoms. The van der Waals surface area contributed by atoms with E-state index in [1.807, 2.05) is 13.8 Å². The van der Waals surface area contributed by atoms with Crippen LogP contribution in [0.5, 0.6) is 0 Å². The Morgan fingerprint density at radius 3 is 2.67 bits per heavy atom. The van der Waals surface area contributed by atoms with Crippen LogP contribution in [0.25, 0.3) is 0 Å². The number of piperidine rings is 1. The van der Waals surface area contributed by atoms with Gasteiger partial charge in [-0.05, 0) is 27.2 Å². The van der Waals surface area contributed by atoms with Gasteiger partial charge in [-0.1, -0.05) is 0 Å². The number of carbonyl (C=O) groups excluding carboxylic acids is 2. The summed E-state index contributed by atoms with van der Waals surface area (Å²) in [5, 5.41) is 20.4. The SMILES string of the molecule is Cc1nn(C(C)C)c(NC2CCC(=O)NC2=O)c1[N+](=O)[O-]. The van der Waals surface area contributed by atoms with Crippen molar-refractivity contribution in [3.63, 3.8) is 0 Å². The van der Waals surface area contributed by atoms with Crippen molar-refractivity contribution in [3.05, 3.63) is 15.8 Å². The summed E-state index contributed by atoms with van der Waals surface area (Å²) in [6.07, 6.45) is 0.496. The fourth-order valence-corrected chi connectivity index (χ4v) is 2.26. The van der Waals surface area contributed by atoms with Crippen molar-refractivity contribution >= 4 is 23.3 Å². The summed E-state index contributed by atoms with van der Waals surface area (Å²) in [5.74, 6) is -0.613. The molecule has 114 valence electrons. The molecular weight excluding hydrogens is 278 g/mol. The Morgan fingerprint density at radius 2 is 2.14 bits per heavy atom. The van der Waals surface area contributed by atoms with Gasteiger partial charge >= 0.3 is 5.69 Å². The molecule has 2 amide bonds. The van der Waals surface area contributed by atoms with Gasteiger partial charge in [0.2, 0.25) is 17.6 Å². The number of aromatic nitrogens is 2. The van der Waals surface area contributed by atoms with Crippen molar-refractivity contribution < 1.29 is 14.5 Å². The highest BCUT2D eigenvalue weighted by atomic mass is 16.6. The fourth-order valence-electron chi connectivity index (χ4n) is 2.26. The standard InChI is InChI=1S/C12H17N5O4/c1-6(2)16-11(10(17(20)21)7(3)15-16)13-8-4-5-9(18)14-12(8)19/h6,8,13H,4-5H2,1-3H3,(H,14,18,19). The number of nitro groups is 1. The Balaban J connectivity index is 2.36. The molecule has 0 aromatic carbocycles. The number of nitrogens with zero attached hydrogens (tertiary/aromatic N) is 3. The van der Waals surface area contributed by atoms with Gasteiger partial charge in [-0.3, -0.25) is 25.0 Å². The molecule has 9 nitrogen and oxygen atoms in total. The second-order valence-corrected chi connectivity index (χ2v) is 5.23. The zero-order valence-electron chi connectivity index (χ0n) is 12.0. The molecule has 1 aliphatic heterocycles. The zero-order chi connectivity index (χ0) is 15.7. The second kappa shape index (κ2) is 5.51. The van der Waals surface area contributed by atoms with Gasteiger partial charge in [0, 0.05) is 12.5 Å². The molecule has 9 heteroatoms. The number of aryl methyl sites for hydroxylation is 1. The maximum atomic E-state index is 11.8. The maximum Gasteiger partial charge on any atom is 0.333 e. The van der Waals surface area contributed by atoms with Crippen LogP contribution in [0.15, 0.2) is 0 Å². The third-order valence-corrected chi connectivity index (χ3v) is 3.28. The second-order valence-electron chi connectivity index (χ2n) is 5.23. The molecule has 0 saturated carbocycles. The first kappa shape index (κ1) is 14.9. The highest BCUT2D eigenvalue weighted by Crippen LogP contribution is 2.31. The van der Waals surface area contributed by atoms with E-state index in [0.29, 0.717) is 6.42 Å².